The minimum absolute atomic E-state index is 0.281. The maximum atomic E-state index is 13.2. The largest absolute Gasteiger partial charge is 0.486 e. The first-order valence-corrected chi connectivity index (χ1v) is 7.57. The smallest absolute Gasteiger partial charge is 0.163 e. The molecule has 0 bridgehead atoms. The summed E-state index contributed by atoms with van der Waals surface area (Å²) in [5.74, 6) is 1.05. The van der Waals surface area contributed by atoms with Gasteiger partial charge < -0.3 is 14.8 Å². The van der Waals surface area contributed by atoms with Crippen LogP contribution in [0.4, 0.5) is 10.1 Å². The molecule has 21 heavy (non-hydrogen) atoms. The molecule has 2 aromatic carbocycles. The lowest BCUT2D eigenvalue weighted by Gasteiger charge is -2.20. The van der Waals surface area contributed by atoms with E-state index in [2.05, 4.69) is 21.2 Å². The Morgan fingerprint density at radius 3 is 2.57 bits per heavy atom. The predicted molar refractivity (Wildman–Crippen MR) is 83.9 cm³/mol. The highest BCUT2D eigenvalue weighted by atomic mass is 79.9. The molecule has 0 aliphatic carbocycles. The molecular formula is C15H12BrClFNO2. The summed E-state index contributed by atoms with van der Waals surface area (Å²) in [6.07, 6.45) is 0. The van der Waals surface area contributed by atoms with Crippen LogP contribution in [-0.4, -0.2) is 13.2 Å². The van der Waals surface area contributed by atoms with E-state index in [4.69, 9.17) is 21.1 Å². The van der Waals surface area contributed by atoms with Crippen LogP contribution in [0.1, 0.15) is 5.56 Å². The van der Waals surface area contributed by atoms with Crippen molar-refractivity contribution < 1.29 is 13.9 Å². The van der Waals surface area contributed by atoms with Crippen molar-refractivity contribution in [1.82, 2.24) is 0 Å². The Kier molecular flexibility index (Phi) is 4.22. The highest BCUT2D eigenvalue weighted by Crippen LogP contribution is 2.38. The summed E-state index contributed by atoms with van der Waals surface area (Å²) in [5, 5.41) is 3.77. The van der Waals surface area contributed by atoms with Gasteiger partial charge in [0.25, 0.3) is 0 Å². The van der Waals surface area contributed by atoms with Crippen molar-refractivity contribution >= 4 is 33.2 Å². The highest BCUT2D eigenvalue weighted by Gasteiger charge is 2.15. The third-order valence-electron chi connectivity index (χ3n) is 3.10. The van der Waals surface area contributed by atoms with E-state index >= 15 is 0 Å². The second kappa shape index (κ2) is 6.12. The number of benzene rings is 2. The van der Waals surface area contributed by atoms with Gasteiger partial charge in [-0.3, -0.25) is 0 Å². The summed E-state index contributed by atoms with van der Waals surface area (Å²) >= 11 is 9.39. The van der Waals surface area contributed by atoms with Gasteiger partial charge in [-0.05, 0) is 33.6 Å². The van der Waals surface area contributed by atoms with Crippen molar-refractivity contribution in [2.24, 2.45) is 0 Å². The maximum Gasteiger partial charge on any atom is 0.163 e. The fraction of sp³-hybridized carbons (Fsp3) is 0.200. The molecule has 1 heterocycles. The molecule has 0 saturated carbocycles. The molecule has 0 saturated heterocycles. The molecule has 1 aliphatic heterocycles. The van der Waals surface area contributed by atoms with Gasteiger partial charge in [0.05, 0.1) is 15.2 Å². The summed E-state index contributed by atoms with van der Waals surface area (Å²) in [7, 11) is 0. The minimum atomic E-state index is -0.281. The van der Waals surface area contributed by atoms with Crippen LogP contribution in [-0.2, 0) is 6.54 Å². The van der Waals surface area contributed by atoms with E-state index in [0.717, 1.165) is 11.3 Å². The Morgan fingerprint density at radius 1 is 1.14 bits per heavy atom. The van der Waals surface area contributed by atoms with Gasteiger partial charge in [0.1, 0.15) is 19.0 Å². The zero-order chi connectivity index (χ0) is 14.8. The van der Waals surface area contributed by atoms with Crippen molar-refractivity contribution in [3.63, 3.8) is 0 Å². The maximum absolute atomic E-state index is 13.2. The average Bonchev–Trinajstić information content (AvgIpc) is 2.48. The lowest BCUT2D eigenvalue weighted by molar-refractivity contribution is 0.171. The monoisotopic (exact) mass is 371 g/mol. The standard InChI is InChI=1S/C15H12BrClFNO2/c16-10-5-9(1-2-12(10)18)8-19-13-7-15-14(6-11(13)17)20-3-4-21-15/h1-2,5-7,19H,3-4,8H2. The molecule has 3 rings (SSSR count). The quantitative estimate of drug-likeness (QED) is 0.852. The van der Waals surface area contributed by atoms with Crippen LogP contribution in [0.5, 0.6) is 11.5 Å². The zero-order valence-corrected chi connectivity index (χ0v) is 13.3. The van der Waals surface area contributed by atoms with E-state index in [1.54, 1.807) is 18.2 Å². The van der Waals surface area contributed by atoms with Crippen LogP contribution in [0.25, 0.3) is 0 Å². The normalized spacial score (nSPS) is 13.1. The molecule has 110 valence electrons. The first-order chi connectivity index (χ1) is 10.1. The highest BCUT2D eigenvalue weighted by molar-refractivity contribution is 9.10. The molecule has 6 heteroatoms. The van der Waals surface area contributed by atoms with Crippen LogP contribution in [0.15, 0.2) is 34.8 Å². The molecule has 0 atom stereocenters. The van der Waals surface area contributed by atoms with E-state index in [-0.39, 0.29) is 5.82 Å². The SMILES string of the molecule is Fc1ccc(CNc2cc3c(cc2Cl)OCCO3)cc1Br. The van der Waals surface area contributed by atoms with Gasteiger partial charge in [-0.25, -0.2) is 4.39 Å². The number of halogens is 3. The molecule has 1 aliphatic rings. The number of anilines is 1. The molecule has 0 spiro atoms. The summed E-state index contributed by atoms with van der Waals surface area (Å²) in [6.45, 7) is 1.58. The number of rotatable bonds is 3. The Morgan fingerprint density at radius 2 is 1.86 bits per heavy atom. The van der Waals surface area contributed by atoms with Gasteiger partial charge in [0.2, 0.25) is 0 Å². The Labute approximate surface area is 135 Å². The Balaban J connectivity index is 1.77. The Bertz CT molecular complexity index is 681. The van der Waals surface area contributed by atoms with Crippen molar-refractivity contribution in [1.29, 1.82) is 0 Å². The molecule has 0 unspecified atom stereocenters. The fourth-order valence-corrected chi connectivity index (χ4v) is 2.69. The van der Waals surface area contributed by atoms with E-state index < -0.39 is 0 Å². The molecule has 3 nitrogen and oxygen atoms in total. The first-order valence-electron chi connectivity index (χ1n) is 6.40. The van der Waals surface area contributed by atoms with Crippen LogP contribution in [0.3, 0.4) is 0 Å². The van der Waals surface area contributed by atoms with Gasteiger partial charge in [0, 0.05) is 18.7 Å². The van der Waals surface area contributed by atoms with Gasteiger partial charge >= 0.3 is 0 Å². The first kappa shape index (κ1) is 14.5. The van der Waals surface area contributed by atoms with Gasteiger partial charge in [0.15, 0.2) is 11.5 Å². The van der Waals surface area contributed by atoms with Crippen molar-refractivity contribution in [3.05, 3.63) is 51.2 Å². The van der Waals surface area contributed by atoms with Crippen molar-refractivity contribution in [2.75, 3.05) is 18.5 Å². The van der Waals surface area contributed by atoms with Crippen LogP contribution >= 0.6 is 27.5 Å². The molecule has 0 fully saturated rings. The number of hydrogen-bond donors (Lipinski definition) is 1. The third-order valence-corrected chi connectivity index (χ3v) is 4.02. The van der Waals surface area contributed by atoms with E-state index in [9.17, 15) is 4.39 Å². The number of fused-ring (bicyclic) bond motifs is 1. The Hall–Kier alpha value is -1.46. The van der Waals surface area contributed by atoms with Gasteiger partial charge in [-0.15, -0.1) is 0 Å². The lowest BCUT2D eigenvalue weighted by Crippen LogP contribution is -2.15. The number of hydrogen-bond acceptors (Lipinski definition) is 3. The fourth-order valence-electron chi connectivity index (χ4n) is 2.05. The third kappa shape index (κ3) is 3.24. The number of ether oxygens (including phenoxy) is 2. The van der Waals surface area contributed by atoms with Gasteiger partial charge in [-0.2, -0.15) is 0 Å². The molecule has 1 N–H and O–H groups in total. The van der Waals surface area contributed by atoms with Crippen LogP contribution in [0, 0.1) is 5.82 Å². The molecule has 2 aromatic rings. The lowest BCUT2D eigenvalue weighted by atomic mass is 10.2. The summed E-state index contributed by atoms with van der Waals surface area (Å²) < 4.78 is 24.6. The summed E-state index contributed by atoms with van der Waals surface area (Å²) in [4.78, 5) is 0. The molecule has 0 amide bonds. The molecular weight excluding hydrogens is 361 g/mol. The van der Waals surface area contributed by atoms with Crippen LogP contribution < -0.4 is 14.8 Å². The zero-order valence-electron chi connectivity index (χ0n) is 11.0. The van der Waals surface area contributed by atoms with E-state index in [0.29, 0.717) is 40.8 Å². The van der Waals surface area contributed by atoms with E-state index in [1.807, 2.05) is 6.07 Å². The average molecular weight is 373 g/mol. The predicted octanol–water partition coefficient (Wildman–Crippen LogP) is 4.62. The topological polar surface area (TPSA) is 30.5 Å². The minimum Gasteiger partial charge on any atom is -0.486 e. The second-order valence-electron chi connectivity index (χ2n) is 4.58. The summed E-state index contributed by atoms with van der Waals surface area (Å²) in [5.41, 5.74) is 1.69. The molecule has 0 aromatic heterocycles. The summed E-state index contributed by atoms with van der Waals surface area (Å²) in [6, 6.07) is 8.42. The molecule has 0 radical (unpaired) electrons. The van der Waals surface area contributed by atoms with E-state index in [1.165, 1.54) is 6.07 Å². The van der Waals surface area contributed by atoms with Gasteiger partial charge in [-0.1, -0.05) is 17.7 Å². The van der Waals surface area contributed by atoms with Crippen molar-refractivity contribution in [3.8, 4) is 11.5 Å². The second-order valence-corrected chi connectivity index (χ2v) is 5.84. The van der Waals surface area contributed by atoms with Crippen molar-refractivity contribution in [2.45, 2.75) is 6.54 Å². The number of nitrogens with one attached hydrogen (secondary N) is 1. The van der Waals surface area contributed by atoms with Crippen LogP contribution in [0.2, 0.25) is 5.02 Å².